The molecule has 192 valence electrons. The van der Waals surface area contributed by atoms with Gasteiger partial charge in [-0.2, -0.15) is 0 Å². The van der Waals surface area contributed by atoms with Crippen molar-refractivity contribution in [1.29, 1.82) is 0 Å². The van der Waals surface area contributed by atoms with Crippen LogP contribution in [0.15, 0.2) is 90.5 Å². The van der Waals surface area contributed by atoms with Crippen molar-refractivity contribution in [3.63, 3.8) is 0 Å². The van der Waals surface area contributed by atoms with Gasteiger partial charge in [0, 0.05) is 10.9 Å². The molecule has 2 N–H and O–H groups in total. The van der Waals surface area contributed by atoms with Gasteiger partial charge in [0.25, 0.3) is 11.7 Å². The third kappa shape index (κ3) is 4.32. The quantitative estimate of drug-likeness (QED) is 0.181. The van der Waals surface area contributed by atoms with E-state index in [2.05, 4.69) is 0 Å². The highest BCUT2D eigenvalue weighted by Crippen LogP contribution is 2.45. The van der Waals surface area contributed by atoms with E-state index in [1.54, 1.807) is 49.4 Å². The number of benzene rings is 4. The van der Waals surface area contributed by atoms with Crippen molar-refractivity contribution in [3.8, 4) is 17.2 Å². The molecule has 0 bridgehead atoms. The molecule has 1 heterocycles. The second-order valence-electron chi connectivity index (χ2n) is 8.79. The van der Waals surface area contributed by atoms with Gasteiger partial charge in [-0.05, 0) is 55.1 Å². The van der Waals surface area contributed by atoms with Gasteiger partial charge in [-0.25, -0.2) is 0 Å². The first-order valence-electron chi connectivity index (χ1n) is 12.4. The zero-order valence-electron chi connectivity index (χ0n) is 21.0. The maximum atomic E-state index is 13.7. The summed E-state index contributed by atoms with van der Waals surface area (Å²) in [7, 11) is 0. The Morgan fingerprint density at radius 1 is 0.868 bits per heavy atom. The average molecular weight is 510 g/mol. The topological polar surface area (TPSA) is 96.3 Å². The number of aromatic hydroxyl groups is 1. The first-order chi connectivity index (χ1) is 18.4. The van der Waals surface area contributed by atoms with E-state index < -0.39 is 17.7 Å². The minimum Gasteiger partial charge on any atom is -0.507 e. The standard InChI is InChI=1S/C31H27NO6/c1-3-37-22-12-7-11-21(17-22)29(34)27-28(20-15-16-25(33)26(18-20)38-4-2)32(31(36)30(27)35)24-14-8-10-19-9-5-6-13-23(19)24/h5-18,28,33-34H,3-4H2,1-2H3/b29-27+. The molecule has 1 fully saturated rings. The van der Waals surface area contributed by atoms with Crippen molar-refractivity contribution in [2.45, 2.75) is 19.9 Å². The van der Waals surface area contributed by atoms with Gasteiger partial charge < -0.3 is 19.7 Å². The van der Waals surface area contributed by atoms with Crippen LogP contribution < -0.4 is 14.4 Å². The highest BCUT2D eigenvalue weighted by molar-refractivity contribution is 6.52. The van der Waals surface area contributed by atoms with E-state index in [4.69, 9.17) is 9.47 Å². The molecule has 0 aromatic heterocycles. The van der Waals surface area contributed by atoms with Gasteiger partial charge in [-0.15, -0.1) is 0 Å². The molecule has 5 rings (SSSR count). The summed E-state index contributed by atoms with van der Waals surface area (Å²) in [6.07, 6.45) is 0. The number of ketones is 1. The number of nitrogens with zero attached hydrogens (tertiary/aromatic N) is 1. The van der Waals surface area contributed by atoms with Crippen LogP contribution in [-0.4, -0.2) is 35.1 Å². The highest BCUT2D eigenvalue weighted by atomic mass is 16.5. The molecule has 4 aromatic carbocycles. The maximum absolute atomic E-state index is 13.7. The molecule has 1 saturated heterocycles. The molecule has 1 aliphatic rings. The highest BCUT2D eigenvalue weighted by Gasteiger charge is 2.47. The van der Waals surface area contributed by atoms with Crippen LogP contribution in [0.1, 0.15) is 31.0 Å². The molecule has 38 heavy (non-hydrogen) atoms. The van der Waals surface area contributed by atoms with Crippen molar-refractivity contribution >= 4 is 33.9 Å². The molecule has 7 nitrogen and oxygen atoms in total. The Kier molecular flexibility index (Phi) is 6.75. The number of amides is 1. The molecule has 7 heteroatoms. The molecule has 1 atom stereocenters. The van der Waals surface area contributed by atoms with E-state index in [1.165, 1.54) is 11.0 Å². The van der Waals surface area contributed by atoms with Crippen LogP contribution in [0.3, 0.4) is 0 Å². The lowest BCUT2D eigenvalue weighted by Crippen LogP contribution is -2.29. The second-order valence-corrected chi connectivity index (χ2v) is 8.79. The summed E-state index contributed by atoms with van der Waals surface area (Å²) in [4.78, 5) is 28.7. The number of fused-ring (bicyclic) bond motifs is 1. The van der Waals surface area contributed by atoms with E-state index in [-0.39, 0.29) is 22.8 Å². The molecule has 4 aromatic rings. The van der Waals surface area contributed by atoms with Crippen molar-refractivity contribution in [1.82, 2.24) is 0 Å². The third-order valence-corrected chi connectivity index (χ3v) is 6.49. The normalized spacial score (nSPS) is 16.7. The monoisotopic (exact) mass is 509 g/mol. The predicted octanol–water partition coefficient (Wildman–Crippen LogP) is 5.97. The van der Waals surface area contributed by atoms with E-state index in [9.17, 15) is 19.8 Å². The first kappa shape index (κ1) is 24.9. The fourth-order valence-electron chi connectivity index (χ4n) is 4.84. The number of carbonyl (C=O) groups excluding carboxylic acids is 2. The number of hydrogen-bond donors (Lipinski definition) is 2. The summed E-state index contributed by atoms with van der Waals surface area (Å²) >= 11 is 0. The van der Waals surface area contributed by atoms with Gasteiger partial charge in [0.1, 0.15) is 11.5 Å². The summed E-state index contributed by atoms with van der Waals surface area (Å²) in [6.45, 7) is 4.39. The fraction of sp³-hybridized carbons (Fsp3) is 0.161. The number of phenolic OH excluding ortho intramolecular Hbond substituents is 1. The smallest absolute Gasteiger partial charge is 0.300 e. The van der Waals surface area contributed by atoms with Crippen LogP contribution in [0, 0.1) is 0 Å². The maximum Gasteiger partial charge on any atom is 0.300 e. The Morgan fingerprint density at radius 3 is 2.39 bits per heavy atom. The molecule has 0 aliphatic carbocycles. The number of Topliss-reactive ketones (excluding diaryl/α,β-unsaturated/α-hetero) is 1. The van der Waals surface area contributed by atoms with Crippen LogP contribution in [0.5, 0.6) is 17.2 Å². The Labute approximate surface area is 220 Å². The van der Waals surface area contributed by atoms with Gasteiger partial charge in [-0.1, -0.05) is 54.6 Å². The number of rotatable bonds is 7. The summed E-state index contributed by atoms with van der Waals surface area (Å²) in [6, 6.07) is 23.5. The molecule has 1 unspecified atom stereocenters. The fourth-order valence-corrected chi connectivity index (χ4v) is 4.84. The molecule has 0 saturated carbocycles. The van der Waals surface area contributed by atoms with Gasteiger partial charge in [0.2, 0.25) is 0 Å². The van der Waals surface area contributed by atoms with Crippen LogP contribution in [0.4, 0.5) is 5.69 Å². The number of anilines is 1. The largest absolute Gasteiger partial charge is 0.507 e. The third-order valence-electron chi connectivity index (χ3n) is 6.49. The van der Waals surface area contributed by atoms with E-state index >= 15 is 0 Å². The van der Waals surface area contributed by atoms with Gasteiger partial charge in [-0.3, -0.25) is 14.5 Å². The number of ether oxygens (including phenoxy) is 2. The molecule has 1 aliphatic heterocycles. The predicted molar refractivity (Wildman–Crippen MR) is 146 cm³/mol. The number of phenols is 1. The summed E-state index contributed by atoms with van der Waals surface area (Å²) in [5.74, 6) is -1.22. The number of aliphatic hydroxyl groups is 1. The van der Waals surface area contributed by atoms with Crippen LogP contribution in [0.2, 0.25) is 0 Å². The van der Waals surface area contributed by atoms with E-state index in [0.717, 1.165) is 10.8 Å². The van der Waals surface area contributed by atoms with Crippen molar-refractivity contribution in [3.05, 3.63) is 102 Å². The average Bonchev–Trinajstić information content (AvgIpc) is 3.19. The molecular formula is C31H27NO6. The van der Waals surface area contributed by atoms with Crippen molar-refractivity contribution < 1.29 is 29.3 Å². The van der Waals surface area contributed by atoms with Crippen LogP contribution in [-0.2, 0) is 9.59 Å². The van der Waals surface area contributed by atoms with Gasteiger partial charge >= 0.3 is 0 Å². The zero-order valence-corrected chi connectivity index (χ0v) is 21.0. The molecule has 0 radical (unpaired) electrons. The Balaban J connectivity index is 1.77. The summed E-state index contributed by atoms with van der Waals surface area (Å²) in [5, 5.41) is 23.5. The van der Waals surface area contributed by atoms with Crippen molar-refractivity contribution in [2.75, 3.05) is 18.1 Å². The minimum absolute atomic E-state index is 0.0651. The Hall–Kier alpha value is -4.78. The lowest BCUT2D eigenvalue weighted by Gasteiger charge is -2.27. The van der Waals surface area contributed by atoms with Gasteiger partial charge in [0.15, 0.2) is 11.5 Å². The minimum atomic E-state index is -0.976. The second kappa shape index (κ2) is 10.3. The summed E-state index contributed by atoms with van der Waals surface area (Å²) in [5.41, 5.74) is 1.31. The summed E-state index contributed by atoms with van der Waals surface area (Å²) < 4.78 is 11.2. The lowest BCUT2D eigenvalue weighted by atomic mass is 9.94. The number of carbonyl (C=O) groups is 2. The van der Waals surface area contributed by atoms with Gasteiger partial charge in [0.05, 0.1) is 30.5 Å². The zero-order chi connectivity index (χ0) is 26.8. The van der Waals surface area contributed by atoms with Crippen LogP contribution in [0.25, 0.3) is 16.5 Å². The number of hydrogen-bond acceptors (Lipinski definition) is 6. The lowest BCUT2D eigenvalue weighted by molar-refractivity contribution is -0.132. The number of aliphatic hydroxyl groups excluding tert-OH is 1. The Bertz CT molecular complexity index is 1570. The van der Waals surface area contributed by atoms with E-state index in [1.807, 2.05) is 43.3 Å². The Morgan fingerprint density at radius 2 is 1.61 bits per heavy atom. The van der Waals surface area contributed by atoms with Crippen LogP contribution >= 0.6 is 0 Å². The SMILES string of the molecule is CCOc1cccc(/C(O)=C2\C(=O)C(=O)N(c3cccc4ccccc34)C2c2ccc(O)c(OCC)c2)c1. The first-order valence-corrected chi connectivity index (χ1v) is 12.4. The molecule has 1 amide bonds. The van der Waals surface area contributed by atoms with E-state index in [0.29, 0.717) is 35.8 Å². The molecule has 0 spiro atoms. The molecular weight excluding hydrogens is 482 g/mol. The van der Waals surface area contributed by atoms with Crippen molar-refractivity contribution in [2.24, 2.45) is 0 Å².